The lowest BCUT2D eigenvalue weighted by Gasteiger charge is -2.00. The largest absolute Gasteiger partial charge is 0.330 e. The highest BCUT2D eigenvalue weighted by atomic mass is 16.1. The number of aromatic nitrogens is 2. The minimum Gasteiger partial charge on any atom is -0.330 e. The number of carbonyl (C=O) groups is 2. The van der Waals surface area contributed by atoms with Crippen LogP contribution < -0.4 is 10.6 Å². The van der Waals surface area contributed by atoms with Gasteiger partial charge in [-0.3, -0.25) is 9.59 Å². The van der Waals surface area contributed by atoms with Crippen LogP contribution in [0, 0.1) is 0 Å². The van der Waals surface area contributed by atoms with Gasteiger partial charge in [0.1, 0.15) is 0 Å². The number of imidazole rings is 1. The maximum Gasteiger partial charge on any atom is 0.226 e. The molecule has 0 radical (unpaired) electrons. The first-order valence-corrected chi connectivity index (χ1v) is 4.60. The molecule has 0 aromatic carbocycles. The van der Waals surface area contributed by atoms with E-state index in [9.17, 15) is 9.59 Å². The monoisotopic (exact) mass is 210 g/mol. The molecule has 0 aliphatic heterocycles. The van der Waals surface area contributed by atoms with Crippen LogP contribution in [0.15, 0.2) is 6.20 Å². The van der Waals surface area contributed by atoms with Crippen LogP contribution in [0.4, 0.5) is 5.82 Å². The highest BCUT2D eigenvalue weighted by Gasteiger charge is 2.06. The van der Waals surface area contributed by atoms with Gasteiger partial charge in [-0.25, -0.2) is 4.98 Å². The van der Waals surface area contributed by atoms with Gasteiger partial charge in [-0.15, -0.1) is 0 Å². The Morgan fingerprint density at radius 1 is 1.67 bits per heavy atom. The van der Waals surface area contributed by atoms with Crippen molar-refractivity contribution in [1.82, 2.24) is 14.9 Å². The molecule has 1 rings (SSSR count). The zero-order chi connectivity index (χ0) is 11.3. The van der Waals surface area contributed by atoms with Crippen molar-refractivity contribution in [3.63, 3.8) is 0 Å². The second kappa shape index (κ2) is 5.26. The van der Waals surface area contributed by atoms with E-state index >= 15 is 0 Å². The lowest BCUT2D eigenvalue weighted by atomic mass is 10.4. The molecule has 15 heavy (non-hydrogen) atoms. The molecule has 1 aromatic heterocycles. The van der Waals surface area contributed by atoms with E-state index in [-0.39, 0.29) is 5.91 Å². The van der Waals surface area contributed by atoms with Crippen molar-refractivity contribution in [2.24, 2.45) is 7.05 Å². The molecule has 6 nitrogen and oxygen atoms in total. The van der Waals surface area contributed by atoms with Gasteiger partial charge in [0.2, 0.25) is 5.91 Å². The SMILES string of the molecule is CNCCC(=O)Nc1cn(C)c(C=O)n1. The minimum absolute atomic E-state index is 0.125. The van der Waals surface area contributed by atoms with Crippen LogP contribution in [0.1, 0.15) is 17.0 Å². The molecule has 0 aliphatic rings. The quantitative estimate of drug-likeness (QED) is 0.659. The Labute approximate surface area is 87.7 Å². The van der Waals surface area contributed by atoms with Crippen LogP contribution in [0.2, 0.25) is 0 Å². The maximum atomic E-state index is 11.3. The van der Waals surface area contributed by atoms with Gasteiger partial charge in [0.25, 0.3) is 0 Å². The number of aldehydes is 1. The third-order valence-electron chi connectivity index (χ3n) is 1.89. The Morgan fingerprint density at radius 2 is 2.40 bits per heavy atom. The molecular weight excluding hydrogens is 196 g/mol. The molecule has 0 spiro atoms. The number of carbonyl (C=O) groups excluding carboxylic acids is 2. The summed E-state index contributed by atoms with van der Waals surface area (Å²) in [6.07, 6.45) is 2.62. The summed E-state index contributed by atoms with van der Waals surface area (Å²) in [6.45, 7) is 0.610. The number of nitrogens with one attached hydrogen (secondary N) is 2. The zero-order valence-electron chi connectivity index (χ0n) is 8.78. The van der Waals surface area contributed by atoms with Crippen LogP contribution >= 0.6 is 0 Å². The van der Waals surface area contributed by atoms with E-state index in [2.05, 4.69) is 15.6 Å². The lowest BCUT2D eigenvalue weighted by Crippen LogP contribution is -2.18. The molecule has 6 heteroatoms. The summed E-state index contributed by atoms with van der Waals surface area (Å²) in [7, 11) is 3.47. The van der Waals surface area contributed by atoms with Crippen LogP contribution in [-0.2, 0) is 11.8 Å². The number of amides is 1. The summed E-state index contributed by atoms with van der Waals surface area (Å²) in [5.74, 6) is 0.569. The smallest absolute Gasteiger partial charge is 0.226 e. The predicted octanol–water partition coefficient (Wildman–Crippen LogP) is -0.219. The number of hydrogen-bond donors (Lipinski definition) is 2. The topological polar surface area (TPSA) is 76.0 Å². The molecule has 0 saturated carbocycles. The van der Waals surface area contributed by atoms with Gasteiger partial charge in [0, 0.05) is 26.2 Å². The molecule has 0 bridgehead atoms. The van der Waals surface area contributed by atoms with Gasteiger partial charge in [-0.05, 0) is 7.05 Å². The van der Waals surface area contributed by atoms with E-state index in [1.807, 2.05) is 0 Å². The molecular formula is C9H14N4O2. The van der Waals surface area contributed by atoms with Gasteiger partial charge in [0.05, 0.1) is 0 Å². The van der Waals surface area contributed by atoms with Crippen molar-refractivity contribution in [3.05, 3.63) is 12.0 Å². The van der Waals surface area contributed by atoms with Crippen molar-refractivity contribution in [2.45, 2.75) is 6.42 Å². The third kappa shape index (κ3) is 3.17. The van der Waals surface area contributed by atoms with E-state index in [1.54, 1.807) is 24.9 Å². The summed E-state index contributed by atoms with van der Waals surface area (Å²) in [4.78, 5) is 25.7. The summed E-state index contributed by atoms with van der Waals surface area (Å²) >= 11 is 0. The maximum absolute atomic E-state index is 11.3. The van der Waals surface area contributed by atoms with Crippen molar-refractivity contribution in [3.8, 4) is 0 Å². The average molecular weight is 210 g/mol. The Balaban J connectivity index is 2.56. The molecule has 0 fully saturated rings. The first-order valence-electron chi connectivity index (χ1n) is 4.60. The Kier molecular flexibility index (Phi) is 3.99. The van der Waals surface area contributed by atoms with Crippen molar-refractivity contribution in [2.75, 3.05) is 18.9 Å². The number of aryl methyl sites for hydroxylation is 1. The fourth-order valence-corrected chi connectivity index (χ4v) is 1.09. The Bertz CT molecular complexity index is 359. The molecule has 1 aromatic rings. The zero-order valence-corrected chi connectivity index (χ0v) is 8.78. The van der Waals surface area contributed by atoms with Crippen LogP contribution in [-0.4, -0.2) is 35.3 Å². The second-order valence-corrected chi connectivity index (χ2v) is 3.11. The standard InChI is InChI=1S/C9H14N4O2/c1-10-4-3-9(15)12-7-5-13(2)8(6-14)11-7/h5-6,10H,3-4H2,1-2H3,(H,12,15). The van der Waals surface area contributed by atoms with Gasteiger partial charge in [0.15, 0.2) is 17.9 Å². The van der Waals surface area contributed by atoms with Gasteiger partial charge >= 0.3 is 0 Å². The minimum atomic E-state index is -0.125. The Morgan fingerprint density at radius 3 is 2.93 bits per heavy atom. The van der Waals surface area contributed by atoms with Crippen LogP contribution in [0.25, 0.3) is 0 Å². The van der Waals surface area contributed by atoms with Crippen LogP contribution in [0.5, 0.6) is 0 Å². The van der Waals surface area contributed by atoms with Crippen molar-refractivity contribution in [1.29, 1.82) is 0 Å². The molecule has 1 amide bonds. The highest BCUT2D eigenvalue weighted by molar-refractivity contribution is 5.90. The summed E-state index contributed by atoms with van der Waals surface area (Å²) < 4.78 is 1.56. The molecule has 0 atom stereocenters. The van der Waals surface area contributed by atoms with E-state index in [0.717, 1.165) is 0 Å². The summed E-state index contributed by atoms with van der Waals surface area (Å²) in [5.41, 5.74) is 0. The fraction of sp³-hybridized carbons (Fsp3) is 0.444. The predicted molar refractivity (Wildman–Crippen MR) is 55.8 cm³/mol. The van der Waals surface area contributed by atoms with E-state index in [0.29, 0.717) is 30.9 Å². The molecule has 82 valence electrons. The number of nitrogens with zero attached hydrogens (tertiary/aromatic N) is 2. The van der Waals surface area contributed by atoms with Gasteiger partial charge in [-0.2, -0.15) is 0 Å². The highest BCUT2D eigenvalue weighted by Crippen LogP contribution is 2.05. The number of hydrogen-bond acceptors (Lipinski definition) is 4. The first-order chi connectivity index (χ1) is 7.17. The number of rotatable bonds is 5. The van der Waals surface area contributed by atoms with Crippen molar-refractivity contribution >= 4 is 18.0 Å². The first kappa shape index (κ1) is 11.4. The number of anilines is 1. The van der Waals surface area contributed by atoms with Gasteiger partial charge < -0.3 is 15.2 Å². The molecule has 0 saturated heterocycles. The summed E-state index contributed by atoms with van der Waals surface area (Å²) in [5, 5.41) is 5.47. The lowest BCUT2D eigenvalue weighted by molar-refractivity contribution is -0.116. The van der Waals surface area contributed by atoms with Gasteiger partial charge in [-0.1, -0.05) is 0 Å². The molecule has 1 heterocycles. The fourth-order valence-electron chi connectivity index (χ4n) is 1.09. The van der Waals surface area contributed by atoms with Crippen LogP contribution in [0.3, 0.4) is 0 Å². The second-order valence-electron chi connectivity index (χ2n) is 3.11. The summed E-state index contributed by atoms with van der Waals surface area (Å²) in [6, 6.07) is 0. The van der Waals surface area contributed by atoms with E-state index < -0.39 is 0 Å². The van der Waals surface area contributed by atoms with E-state index in [4.69, 9.17) is 0 Å². The molecule has 0 aliphatic carbocycles. The molecule has 0 unspecified atom stereocenters. The van der Waals surface area contributed by atoms with E-state index in [1.165, 1.54) is 0 Å². The normalized spacial score (nSPS) is 10.0. The van der Waals surface area contributed by atoms with Crippen molar-refractivity contribution < 1.29 is 9.59 Å². The third-order valence-corrected chi connectivity index (χ3v) is 1.89. The Hall–Kier alpha value is -1.69. The average Bonchev–Trinajstić information content (AvgIpc) is 2.55. The molecule has 2 N–H and O–H groups in total.